The Morgan fingerprint density at radius 2 is 2.15 bits per heavy atom. The number of benzene rings is 1. The highest BCUT2D eigenvalue weighted by Gasteiger charge is 2.06. The lowest BCUT2D eigenvalue weighted by Gasteiger charge is -2.04. The predicted molar refractivity (Wildman–Crippen MR) is 50.5 cm³/mol. The molecule has 0 atom stereocenters. The number of ketones is 1. The quantitative estimate of drug-likeness (QED) is 0.718. The van der Waals surface area contributed by atoms with Crippen molar-refractivity contribution in [1.29, 1.82) is 0 Å². The summed E-state index contributed by atoms with van der Waals surface area (Å²) in [7, 11) is 0. The van der Waals surface area contributed by atoms with Crippen LogP contribution in [-0.4, -0.2) is 5.78 Å². The number of hydrogen-bond donors (Lipinski definition) is 0. The van der Waals surface area contributed by atoms with Crippen molar-refractivity contribution in [3.63, 3.8) is 0 Å². The first-order chi connectivity index (χ1) is 6.00. The standard InChI is InChI=1S/C10H10ClFO/c1-6-3-10(12)9(11)5-8(6)4-7(2)13/h3,5H,4H2,1-2H3. The third-order valence-corrected chi connectivity index (χ3v) is 2.11. The zero-order valence-electron chi connectivity index (χ0n) is 7.53. The van der Waals surface area contributed by atoms with Gasteiger partial charge in [0.2, 0.25) is 0 Å². The summed E-state index contributed by atoms with van der Waals surface area (Å²) < 4.78 is 12.9. The van der Waals surface area contributed by atoms with Gasteiger partial charge in [0, 0.05) is 6.42 Å². The Bertz CT molecular complexity index is 347. The zero-order valence-corrected chi connectivity index (χ0v) is 8.28. The molecule has 0 unspecified atom stereocenters. The smallest absolute Gasteiger partial charge is 0.142 e. The maximum Gasteiger partial charge on any atom is 0.142 e. The highest BCUT2D eigenvalue weighted by molar-refractivity contribution is 6.30. The largest absolute Gasteiger partial charge is 0.300 e. The lowest BCUT2D eigenvalue weighted by atomic mass is 10.0. The molecule has 0 radical (unpaired) electrons. The van der Waals surface area contributed by atoms with E-state index in [1.165, 1.54) is 19.1 Å². The first-order valence-corrected chi connectivity index (χ1v) is 4.32. The van der Waals surface area contributed by atoms with E-state index in [1.807, 2.05) is 0 Å². The van der Waals surface area contributed by atoms with Gasteiger partial charge in [-0.2, -0.15) is 0 Å². The second kappa shape index (κ2) is 3.88. The number of carbonyl (C=O) groups excluding carboxylic acids is 1. The van der Waals surface area contributed by atoms with Crippen LogP contribution in [0.3, 0.4) is 0 Å². The number of rotatable bonds is 2. The summed E-state index contributed by atoms with van der Waals surface area (Å²) in [6, 6.07) is 2.86. The second-order valence-corrected chi connectivity index (χ2v) is 3.48. The van der Waals surface area contributed by atoms with Crippen molar-refractivity contribution < 1.29 is 9.18 Å². The maximum atomic E-state index is 12.9. The van der Waals surface area contributed by atoms with Crippen molar-refractivity contribution in [3.05, 3.63) is 34.1 Å². The first kappa shape index (κ1) is 10.2. The van der Waals surface area contributed by atoms with Gasteiger partial charge in [0.25, 0.3) is 0 Å². The van der Waals surface area contributed by atoms with Gasteiger partial charge in [-0.3, -0.25) is 4.79 Å². The molecule has 0 heterocycles. The molecule has 0 aliphatic rings. The Kier molecular flexibility index (Phi) is 3.04. The summed E-state index contributed by atoms with van der Waals surface area (Å²) in [5.41, 5.74) is 1.55. The molecule has 3 heteroatoms. The molecule has 0 amide bonds. The van der Waals surface area contributed by atoms with Crippen molar-refractivity contribution in [2.45, 2.75) is 20.3 Å². The van der Waals surface area contributed by atoms with E-state index in [-0.39, 0.29) is 10.8 Å². The molecule has 0 aliphatic carbocycles. The molecule has 0 aliphatic heterocycles. The van der Waals surface area contributed by atoms with Crippen LogP contribution in [0.1, 0.15) is 18.1 Å². The number of halogens is 2. The van der Waals surface area contributed by atoms with E-state index in [0.29, 0.717) is 6.42 Å². The molecular formula is C10H10ClFO. The SMILES string of the molecule is CC(=O)Cc1cc(Cl)c(F)cc1C. The third kappa shape index (κ3) is 2.52. The molecular weight excluding hydrogens is 191 g/mol. The number of hydrogen-bond acceptors (Lipinski definition) is 1. The summed E-state index contributed by atoms with van der Waals surface area (Å²) in [4.78, 5) is 10.8. The Morgan fingerprint density at radius 1 is 1.54 bits per heavy atom. The fourth-order valence-corrected chi connectivity index (χ4v) is 1.33. The van der Waals surface area contributed by atoms with E-state index >= 15 is 0 Å². The fraction of sp³-hybridized carbons (Fsp3) is 0.300. The number of carbonyl (C=O) groups is 1. The first-order valence-electron chi connectivity index (χ1n) is 3.94. The minimum absolute atomic E-state index is 0.0470. The monoisotopic (exact) mass is 200 g/mol. The predicted octanol–water partition coefficient (Wildman–Crippen LogP) is 2.92. The van der Waals surface area contributed by atoms with Crippen molar-refractivity contribution >= 4 is 17.4 Å². The second-order valence-electron chi connectivity index (χ2n) is 3.07. The van der Waals surface area contributed by atoms with E-state index in [9.17, 15) is 9.18 Å². The average molecular weight is 201 g/mol. The van der Waals surface area contributed by atoms with Crippen LogP contribution in [0.2, 0.25) is 5.02 Å². The summed E-state index contributed by atoms with van der Waals surface area (Å²) in [6.45, 7) is 3.26. The maximum absolute atomic E-state index is 12.9. The molecule has 1 aromatic carbocycles. The van der Waals surface area contributed by atoms with Crippen molar-refractivity contribution in [1.82, 2.24) is 0 Å². The van der Waals surface area contributed by atoms with Gasteiger partial charge in [-0.1, -0.05) is 11.6 Å². The number of Topliss-reactive ketones (excluding diaryl/α,β-unsaturated/α-hetero) is 1. The highest BCUT2D eigenvalue weighted by Crippen LogP contribution is 2.20. The topological polar surface area (TPSA) is 17.1 Å². The van der Waals surface area contributed by atoms with Crippen LogP contribution >= 0.6 is 11.6 Å². The summed E-state index contributed by atoms with van der Waals surface area (Å²) in [5, 5.41) is 0.0712. The highest BCUT2D eigenvalue weighted by atomic mass is 35.5. The summed E-state index contributed by atoms with van der Waals surface area (Å²) >= 11 is 5.58. The van der Waals surface area contributed by atoms with Gasteiger partial charge in [-0.25, -0.2) is 4.39 Å². The number of aryl methyl sites for hydroxylation is 1. The molecule has 0 saturated carbocycles. The van der Waals surface area contributed by atoms with Crippen LogP contribution in [0.4, 0.5) is 4.39 Å². The molecule has 0 spiro atoms. The molecule has 1 aromatic rings. The molecule has 13 heavy (non-hydrogen) atoms. The van der Waals surface area contributed by atoms with Crippen LogP contribution in [-0.2, 0) is 11.2 Å². The third-order valence-electron chi connectivity index (χ3n) is 1.82. The zero-order chi connectivity index (χ0) is 10.0. The average Bonchev–Trinajstić information content (AvgIpc) is 1.99. The molecule has 1 rings (SSSR count). The molecule has 0 saturated heterocycles. The molecule has 0 N–H and O–H groups in total. The molecule has 0 fully saturated rings. The van der Waals surface area contributed by atoms with E-state index < -0.39 is 5.82 Å². The van der Waals surface area contributed by atoms with Gasteiger partial charge < -0.3 is 0 Å². The molecule has 0 aromatic heterocycles. The van der Waals surface area contributed by atoms with Gasteiger partial charge in [0.1, 0.15) is 11.6 Å². The normalized spacial score (nSPS) is 10.2. The minimum atomic E-state index is -0.438. The van der Waals surface area contributed by atoms with Gasteiger partial charge >= 0.3 is 0 Å². The van der Waals surface area contributed by atoms with Crippen molar-refractivity contribution in [2.75, 3.05) is 0 Å². The Labute approximate surface area is 81.5 Å². The Morgan fingerprint density at radius 3 is 2.69 bits per heavy atom. The van der Waals surface area contributed by atoms with Crippen LogP contribution < -0.4 is 0 Å². The minimum Gasteiger partial charge on any atom is -0.300 e. The molecule has 1 nitrogen and oxygen atoms in total. The lowest BCUT2D eigenvalue weighted by molar-refractivity contribution is -0.116. The van der Waals surface area contributed by atoms with Crippen LogP contribution in [0, 0.1) is 12.7 Å². The van der Waals surface area contributed by atoms with Crippen LogP contribution in [0.5, 0.6) is 0 Å². The van der Waals surface area contributed by atoms with E-state index in [2.05, 4.69) is 0 Å². The van der Waals surface area contributed by atoms with E-state index in [1.54, 1.807) is 6.92 Å². The van der Waals surface area contributed by atoms with Gasteiger partial charge in [-0.15, -0.1) is 0 Å². The van der Waals surface area contributed by atoms with Gasteiger partial charge in [0.05, 0.1) is 5.02 Å². The van der Waals surface area contributed by atoms with E-state index in [0.717, 1.165) is 11.1 Å². The van der Waals surface area contributed by atoms with Crippen LogP contribution in [0.25, 0.3) is 0 Å². The molecule has 0 bridgehead atoms. The summed E-state index contributed by atoms with van der Waals surface area (Å²) in [5.74, 6) is -0.391. The lowest BCUT2D eigenvalue weighted by Crippen LogP contribution is -1.99. The Balaban J connectivity index is 3.08. The van der Waals surface area contributed by atoms with Crippen molar-refractivity contribution in [3.8, 4) is 0 Å². The molecule has 70 valence electrons. The van der Waals surface area contributed by atoms with Crippen LogP contribution in [0.15, 0.2) is 12.1 Å². The Hall–Kier alpha value is -0.890. The van der Waals surface area contributed by atoms with E-state index in [4.69, 9.17) is 11.6 Å². The van der Waals surface area contributed by atoms with Crippen molar-refractivity contribution in [2.24, 2.45) is 0 Å². The summed E-state index contributed by atoms with van der Waals surface area (Å²) in [6.07, 6.45) is 0.311. The fourth-order valence-electron chi connectivity index (χ4n) is 1.15. The van der Waals surface area contributed by atoms with Gasteiger partial charge in [-0.05, 0) is 37.1 Å². The van der Waals surface area contributed by atoms with Gasteiger partial charge in [0.15, 0.2) is 0 Å².